The van der Waals surface area contributed by atoms with E-state index in [0.717, 1.165) is 79.9 Å². The van der Waals surface area contributed by atoms with E-state index in [4.69, 9.17) is 10.5 Å². The number of carbonyl (C=O) groups excluding carboxylic acids is 1. The Hall–Kier alpha value is -4.63. The molecule has 3 N–H and O–H groups in total. The molecule has 320 valence electrons. The van der Waals surface area contributed by atoms with E-state index < -0.39 is 15.4 Å². The van der Waals surface area contributed by atoms with Crippen LogP contribution in [0.4, 0.5) is 5.82 Å². The number of aromatic nitrogens is 3. The topological polar surface area (TPSA) is 120 Å². The van der Waals surface area contributed by atoms with Crippen LogP contribution in [0.15, 0.2) is 102 Å². The molecular formula is C52H62N4O4S. The van der Waals surface area contributed by atoms with Crippen molar-refractivity contribution in [2.75, 3.05) is 5.73 Å². The average molecular weight is 839 g/mol. The molecule has 0 aliphatic heterocycles. The summed E-state index contributed by atoms with van der Waals surface area (Å²) in [5, 5.41) is 8.89. The summed E-state index contributed by atoms with van der Waals surface area (Å²) in [6.45, 7) is 17.4. The second kappa shape index (κ2) is 13.4. The van der Waals surface area contributed by atoms with Gasteiger partial charge in [-0.1, -0.05) is 121 Å². The van der Waals surface area contributed by atoms with Gasteiger partial charge in [0.1, 0.15) is 12.4 Å². The maximum absolute atomic E-state index is 15.1. The van der Waals surface area contributed by atoms with E-state index in [0.29, 0.717) is 17.3 Å². The number of carbonyl (C=O) groups is 1. The van der Waals surface area contributed by atoms with E-state index in [-0.39, 0.29) is 56.4 Å². The number of ether oxygens (including phenoxy) is 1. The van der Waals surface area contributed by atoms with Crippen LogP contribution in [0.2, 0.25) is 0 Å². The zero-order valence-corrected chi connectivity index (χ0v) is 37.8. The number of para-hydroxylation sites is 1. The fourth-order valence-corrected chi connectivity index (χ4v) is 16.0. The molecule has 0 spiro atoms. The molecule has 9 heteroatoms. The van der Waals surface area contributed by atoms with Crippen LogP contribution in [0.25, 0.3) is 16.5 Å². The molecule has 3 saturated carbocycles. The molecule has 7 atom stereocenters. The van der Waals surface area contributed by atoms with E-state index in [1.54, 1.807) is 24.3 Å². The van der Waals surface area contributed by atoms with Gasteiger partial charge in [0, 0.05) is 33.8 Å². The number of hydrogen-bond acceptors (Lipinski definition) is 6. The Morgan fingerprint density at radius 1 is 0.852 bits per heavy atom. The van der Waals surface area contributed by atoms with Crippen LogP contribution >= 0.6 is 0 Å². The van der Waals surface area contributed by atoms with Gasteiger partial charge >= 0.3 is 5.97 Å². The summed E-state index contributed by atoms with van der Waals surface area (Å²) in [5.74, 6) is 1.07. The van der Waals surface area contributed by atoms with Gasteiger partial charge in [-0.05, 0) is 127 Å². The van der Waals surface area contributed by atoms with Gasteiger partial charge in [0.05, 0.1) is 15.8 Å². The number of H-pyrrole nitrogens is 1. The van der Waals surface area contributed by atoms with Crippen molar-refractivity contribution in [1.82, 2.24) is 14.2 Å². The third-order valence-electron chi connectivity index (χ3n) is 17.9. The molecule has 2 heterocycles. The van der Waals surface area contributed by atoms with E-state index in [1.807, 2.05) is 60.8 Å². The van der Waals surface area contributed by atoms with Crippen molar-refractivity contribution in [1.29, 1.82) is 0 Å². The molecule has 0 radical (unpaired) electrons. The summed E-state index contributed by atoms with van der Waals surface area (Å²) in [4.78, 5) is 15.4. The number of nitrogen functional groups attached to an aromatic ring is 1. The van der Waals surface area contributed by atoms with Crippen molar-refractivity contribution >= 4 is 38.3 Å². The third-order valence-corrected chi connectivity index (χ3v) is 19.6. The molecule has 8 nitrogen and oxygen atoms in total. The molecule has 5 aromatic rings. The second-order valence-electron chi connectivity index (χ2n) is 21.7. The monoisotopic (exact) mass is 838 g/mol. The normalized spacial score (nSPS) is 32.5. The molecule has 3 aromatic carbocycles. The number of nitrogens with one attached hydrogen (secondary N) is 1. The number of nitrogens with two attached hydrogens (primary N) is 1. The minimum Gasteiger partial charge on any atom is -0.460 e. The Balaban J connectivity index is 1.23. The summed E-state index contributed by atoms with van der Waals surface area (Å²) < 4.78 is 37.4. The lowest BCUT2D eigenvalue weighted by Gasteiger charge is -2.71. The zero-order valence-electron chi connectivity index (χ0n) is 37.0. The number of hydrogen-bond donors (Lipinski definition) is 2. The minimum absolute atomic E-state index is 0.00111. The van der Waals surface area contributed by atoms with Crippen LogP contribution in [0, 0.1) is 44.8 Å². The zero-order chi connectivity index (χ0) is 43.0. The molecule has 10 rings (SSSR count). The van der Waals surface area contributed by atoms with Crippen molar-refractivity contribution in [3.63, 3.8) is 0 Å². The first-order valence-corrected chi connectivity index (χ1v) is 24.0. The number of benzene rings is 3. The van der Waals surface area contributed by atoms with E-state index in [2.05, 4.69) is 64.7 Å². The van der Waals surface area contributed by atoms with Gasteiger partial charge in [-0.25, -0.2) is 12.4 Å². The fourth-order valence-electron chi connectivity index (χ4n) is 14.6. The van der Waals surface area contributed by atoms with Crippen molar-refractivity contribution in [3.05, 3.63) is 119 Å². The third kappa shape index (κ3) is 5.63. The minimum atomic E-state index is -3.95. The quantitative estimate of drug-likeness (QED) is 0.164. The molecule has 5 aliphatic carbocycles. The summed E-state index contributed by atoms with van der Waals surface area (Å²) >= 11 is 0. The van der Waals surface area contributed by atoms with Crippen molar-refractivity contribution in [2.24, 2.45) is 44.8 Å². The van der Waals surface area contributed by atoms with Crippen molar-refractivity contribution < 1.29 is 17.9 Å². The smallest absolute Gasteiger partial charge is 0.313 e. The largest absolute Gasteiger partial charge is 0.460 e. The van der Waals surface area contributed by atoms with Gasteiger partial charge in [0.2, 0.25) is 0 Å². The van der Waals surface area contributed by atoms with Crippen LogP contribution < -0.4 is 5.73 Å². The molecule has 5 aliphatic rings. The Kier molecular flexibility index (Phi) is 8.91. The maximum Gasteiger partial charge on any atom is 0.313 e. The highest BCUT2D eigenvalue weighted by Crippen LogP contribution is 2.77. The molecule has 61 heavy (non-hydrogen) atoms. The van der Waals surface area contributed by atoms with Crippen LogP contribution in [-0.2, 0) is 38.0 Å². The Bertz CT molecular complexity index is 2710. The highest BCUT2D eigenvalue weighted by Gasteiger charge is 2.70. The van der Waals surface area contributed by atoms with E-state index in [9.17, 15) is 8.42 Å². The fraction of sp³-hybridized carbons (Fsp3) is 0.500. The first-order valence-electron chi connectivity index (χ1n) is 22.6. The predicted molar refractivity (Wildman–Crippen MR) is 242 cm³/mol. The summed E-state index contributed by atoms with van der Waals surface area (Å²) in [5.41, 5.74) is 12.9. The number of nitrogens with zero attached hydrogens (tertiary/aromatic N) is 2. The van der Waals surface area contributed by atoms with Gasteiger partial charge in [-0.15, -0.1) is 0 Å². The summed E-state index contributed by atoms with van der Waals surface area (Å²) in [6.07, 6.45) is 9.92. The maximum atomic E-state index is 15.1. The first-order chi connectivity index (χ1) is 28.9. The molecule has 0 bridgehead atoms. The summed E-state index contributed by atoms with van der Waals surface area (Å²) in [6, 6.07) is 26.8. The molecule has 3 fully saturated rings. The molecule has 0 amide bonds. The lowest BCUT2D eigenvalue weighted by molar-refractivity contribution is -0.181. The Morgan fingerprint density at radius 3 is 2.26 bits per heavy atom. The first kappa shape index (κ1) is 40.4. The van der Waals surface area contributed by atoms with Gasteiger partial charge in [0.25, 0.3) is 10.0 Å². The Morgan fingerprint density at radius 2 is 1.52 bits per heavy atom. The molecule has 1 unspecified atom stereocenters. The number of anilines is 1. The number of allylic oxidation sites excluding steroid dienone is 2. The SMILES string of the molecule is CC1(C)CC[C@]2(C(=O)OCc3ccccc3)CC[C@]3(C)C(=C(c4cn(S(=O)(=O)c5ccccc5)c5ccccc45)CC4[C@@]5(C)Cc6c(N)n[nH]c6C(C)(C)[C@@H]5CC[C@]43C)[C@@H]2C1. The average Bonchev–Trinajstić information content (AvgIpc) is 3.81. The van der Waals surface area contributed by atoms with Crippen molar-refractivity contribution in [3.8, 4) is 0 Å². The van der Waals surface area contributed by atoms with Crippen LogP contribution in [0.3, 0.4) is 0 Å². The predicted octanol–water partition coefficient (Wildman–Crippen LogP) is 11.3. The lowest BCUT2D eigenvalue weighted by Crippen LogP contribution is -2.65. The van der Waals surface area contributed by atoms with Gasteiger partial charge < -0.3 is 10.5 Å². The van der Waals surface area contributed by atoms with Gasteiger partial charge in [0.15, 0.2) is 0 Å². The number of aromatic amines is 1. The van der Waals surface area contributed by atoms with E-state index >= 15 is 4.79 Å². The Labute approximate surface area is 361 Å². The number of fused-ring (bicyclic) bond motifs is 9. The standard InChI is InChI=1S/C52H62N4O4S/c1-47(2)24-26-52(46(57)60-32-33-16-10-8-11-17-33)27-25-51(7)43(39(52)30-47)36(38-31-56(40-21-15-14-20-35(38)40)61(58,59)34-18-12-9-13-19-34)28-42-49(5)29-37-44(54-55-45(37)53)48(3,4)41(49)22-23-50(42,51)6/h8-21,31,39,41-42H,22-30,32H2,1-7H3,(H3,53,54,55)/t39-,41-,42?,49-,50+,51+,52-/m0/s1. The summed E-state index contributed by atoms with van der Waals surface area (Å²) in [7, 11) is -3.95. The molecule has 2 aromatic heterocycles. The van der Waals surface area contributed by atoms with Crippen LogP contribution in [0.5, 0.6) is 0 Å². The highest BCUT2D eigenvalue weighted by molar-refractivity contribution is 7.90. The van der Waals surface area contributed by atoms with Crippen LogP contribution in [0.1, 0.15) is 122 Å². The van der Waals surface area contributed by atoms with Gasteiger partial charge in [-0.2, -0.15) is 5.10 Å². The van der Waals surface area contributed by atoms with Crippen molar-refractivity contribution in [2.45, 2.75) is 123 Å². The number of rotatable bonds is 6. The molecular weight excluding hydrogens is 777 g/mol. The number of esters is 1. The molecule has 0 saturated heterocycles. The second-order valence-corrected chi connectivity index (χ2v) is 23.5. The van der Waals surface area contributed by atoms with Crippen LogP contribution in [-0.4, -0.2) is 28.6 Å². The highest BCUT2D eigenvalue weighted by atomic mass is 32.2. The van der Waals surface area contributed by atoms with Gasteiger partial charge in [-0.3, -0.25) is 9.89 Å². The van der Waals surface area contributed by atoms with E-state index in [1.165, 1.54) is 20.8 Å². The lowest BCUT2D eigenvalue weighted by atomic mass is 9.33.